The third kappa shape index (κ3) is 8.09. The van der Waals surface area contributed by atoms with Gasteiger partial charge >= 0.3 is 0 Å². The van der Waals surface area contributed by atoms with Crippen LogP contribution in [-0.2, 0) is 31.9 Å². The summed E-state index contributed by atoms with van der Waals surface area (Å²) >= 11 is 0. The Morgan fingerprint density at radius 1 is 0.524 bits per heavy atom. The predicted molar refractivity (Wildman–Crippen MR) is 333 cm³/mol. The molecule has 4 saturated carbocycles. The summed E-state index contributed by atoms with van der Waals surface area (Å²) in [4.78, 5) is 9.93. The van der Waals surface area contributed by atoms with E-state index < -0.39 is 0 Å². The van der Waals surface area contributed by atoms with E-state index in [1.165, 1.54) is 64.8 Å². The van der Waals surface area contributed by atoms with E-state index in [9.17, 15) is 0 Å². The normalized spacial score (nSPS) is 20.0. The van der Waals surface area contributed by atoms with E-state index in [0.29, 0.717) is 23.3 Å². The summed E-state index contributed by atoms with van der Waals surface area (Å²) in [5.41, 5.74) is 14.5. The van der Waals surface area contributed by atoms with Gasteiger partial charge in [0.1, 0.15) is 5.82 Å². The Bertz CT molecular complexity index is 4360. The number of para-hydroxylation sites is 4. The molecule has 3 heterocycles. The minimum absolute atomic E-state index is 0. The van der Waals surface area contributed by atoms with Crippen LogP contribution in [0.3, 0.4) is 0 Å². The molecule has 2 aromatic heterocycles. The molecule has 17 rings (SSSR count). The van der Waals surface area contributed by atoms with Gasteiger partial charge in [-0.1, -0.05) is 190 Å². The summed E-state index contributed by atoms with van der Waals surface area (Å²) < 4.78 is 9.43. The average molecular weight is 1240 g/mol. The molecular weight excluding hydrogens is 1180 g/mol. The number of benzene rings is 10. The maximum Gasteiger partial charge on any atom is 0.135 e. The van der Waals surface area contributed by atoms with E-state index in [1.54, 1.807) is 0 Å². The molecule has 0 spiro atoms. The van der Waals surface area contributed by atoms with Crippen LogP contribution in [0.2, 0.25) is 0 Å². The summed E-state index contributed by atoms with van der Waals surface area (Å²) in [6.45, 7) is 9.02. The Hall–Kier alpha value is -8.24. The first-order valence-electron chi connectivity index (χ1n) is 29.1. The van der Waals surface area contributed by atoms with Crippen LogP contribution >= 0.6 is 0 Å². The second-order valence-corrected chi connectivity index (χ2v) is 24.4. The summed E-state index contributed by atoms with van der Waals surface area (Å²) in [6.07, 6.45) is 8.62. The average Bonchev–Trinajstić information content (AvgIpc) is 2.79. The number of hydrogen-bond acceptors (Lipinski definition) is 4. The largest absolute Gasteiger partial charge is 0.509 e. The SMILES string of the molecule is CC(C)(C)c1cc(Oc2[c-]c3c(cc2)c2ccccc2n3-c2cc(C3(c4cccc5c4ccc4ccccc45)C4CC5CC(C4)CC3C5)ccn2)[c-]c(N2[CH-]N(c3c(-c4ccccc4)cccc3-c3ccccc3)c3ccccc32)c1.[Pt]. The van der Waals surface area contributed by atoms with Crippen LogP contribution in [0.4, 0.5) is 22.7 Å². The summed E-state index contributed by atoms with van der Waals surface area (Å²) in [5, 5.41) is 7.63. The monoisotopic (exact) mass is 1240 g/mol. The van der Waals surface area contributed by atoms with Crippen molar-refractivity contribution in [3.63, 3.8) is 0 Å². The molecule has 4 fully saturated rings. The summed E-state index contributed by atoms with van der Waals surface area (Å²) in [6, 6.07) is 87.5. The van der Waals surface area contributed by atoms with Crippen molar-refractivity contribution in [1.29, 1.82) is 0 Å². The van der Waals surface area contributed by atoms with Gasteiger partial charge < -0.3 is 19.1 Å². The molecule has 6 heteroatoms. The molecule has 4 bridgehead atoms. The molecule has 404 valence electrons. The maximum absolute atomic E-state index is 7.09. The van der Waals surface area contributed by atoms with Crippen LogP contribution in [-0.4, -0.2) is 9.55 Å². The van der Waals surface area contributed by atoms with Gasteiger partial charge in [0.25, 0.3) is 0 Å². The minimum atomic E-state index is -0.202. The Morgan fingerprint density at radius 3 is 1.87 bits per heavy atom. The van der Waals surface area contributed by atoms with Gasteiger partial charge in [0.05, 0.1) is 0 Å². The standard InChI is InChI=1S/C76H61N4O.Pt/c1-75(2,3)55-43-58(78-48-79(71-31-15-14-30-70(71)78)74-62(51-18-6-4-7-19-51)25-16-26-63(74)52-20-8-5-9-21-52)46-60(44-55)81-59-33-35-67-66-24-12-13-29-69(66)80(72(67)47-59)73-45-54(36-37-77-73)76(56-39-49-38-50(41-56)42-57(76)40-49)68-28-17-27-64-61-23-11-10-22-53(61)32-34-65(64)68;/h4-37,43-45,48-50,56-57H,38-42H2,1-3H3;/q-3;. The molecule has 0 unspecified atom stereocenters. The van der Waals surface area contributed by atoms with Crippen LogP contribution in [0.25, 0.3) is 71.4 Å². The van der Waals surface area contributed by atoms with Crippen molar-refractivity contribution in [2.24, 2.45) is 23.7 Å². The smallest absolute Gasteiger partial charge is 0.135 e. The molecule has 0 N–H and O–H groups in total. The number of rotatable bonds is 9. The van der Waals surface area contributed by atoms with Gasteiger partial charge in [-0.2, -0.15) is 6.07 Å². The molecule has 5 nitrogen and oxygen atoms in total. The van der Waals surface area contributed by atoms with Crippen molar-refractivity contribution >= 4 is 66.1 Å². The predicted octanol–water partition coefficient (Wildman–Crippen LogP) is 19.7. The van der Waals surface area contributed by atoms with Crippen molar-refractivity contribution < 1.29 is 25.8 Å². The molecule has 0 saturated heterocycles. The molecule has 0 amide bonds. The molecule has 1 aliphatic heterocycles. The van der Waals surface area contributed by atoms with Gasteiger partial charge in [0, 0.05) is 77.9 Å². The molecule has 4 aliphatic carbocycles. The summed E-state index contributed by atoms with van der Waals surface area (Å²) in [7, 11) is 0. The van der Waals surface area contributed by atoms with Crippen molar-refractivity contribution in [2.45, 2.75) is 63.7 Å². The molecule has 0 atom stereocenters. The number of ether oxygens (including phenoxy) is 1. The number of anilines is 4. The first-order valence-corrected chi connectivity index (χ1v) is 29.1. The zero-order valence-corrected chi connectivity index (χ0v) is 48.6. The first-order chi connectivity index (χ1) is 39.7. The van der Waals surface area contributed by atoms with Crippen molar-refractivity contribution in [1.82, 2.24) is 9.55 Å². The van der Waals surface area contributed by atoms with Crippen LogP contribution in [0.5, 0.6) is 11.5 Å². The van der Waals surface area contributed by atoms with Gasteiger partial charge in [-0.25, -0.2) is 4.98 Å². The third-order valence-electron chi connectivity index (χ3n) is 18.9. The maximum atomic E-state index is 7.09. The first kappa shape index (κ1) is 50.7. The van der Waals surface area contributed by atoms with Crippen LogP contribution in [0.1, 0.15) is 69.6 Å². The second kappa shape index (κ2) is 19.7. The Morgan fingerprint density at radius 2 is 1.15 bits per heavy atom. The van der Waals surface area contributed by atoms with Gasteiger partial charge in [0.15, 0.2) is 0 Å². The van der Waals surface area contributed by atoms with E-state index in [0.717, 1.165) is 90.0 Å². The minimum Gasteiger partial charge on any atom is -0.509 e. The zero-order valence-electron chi connectivity index (χ0n) is 46.3. The van der Waals surface area contributed by atoms with Crippen molar-refractivity contribution in [3.05, 3.63) is 260 Å². The van der Waals surface area contributed by atoms with Gasteiger partial charge in [-0.15, -0.1) is 53.6 Å². The molecule has 0 radical (unpaired) electrons. The molecular formula is C76H61N4OPt-3. The fourth-order valence-corrected chi connectivity index (χ4v) is 15.6. The van der Waals surface area contributed by atoms with E-state index in [-0.39, 0.29) is 31.9 Å². The zero-order chi connectivity index (χ0) is 54.0. The number of aromatic nitrogens is 2. The Kier molecular flexibility index (Phi) is 12.2. The topological polar surface area (TPSA) is 33.5 Å². The molecule has 82 heavy (non-hydrogen) atoms. The van der Waals surface area contributed by atoms with Gasteiger partial charge in [-0.3, -0.25) is 0 Å². The fraction of sp³-hybridized carbons (Fsp3) is 0.184. The second-order valence-electron chi connectivity index (χ2n) is 24.4. The molecule has 5 aliphatic rings. The van der Waals surface area contributed by atoms with Crippen LogP contribution in [0.15, 0.2) is 225 Å². The van der Waals surface area contributed by atoms with Crippen LogP contribution < -0.4 is 14.5 Å². The third-order valence-corrected chi connectivity index (χ3v) is 18.9. The fourth-order valence-electron chi connectivity index (χ4n) is 15.6. The number of fused-ring (bicyclic) bond motifs is 7. The number of nitrogens with zero attached hydrogens (tertiary/aromatic N) is 4. The van der Waals surface area contributed by atoms with Gasteiger partial charge in [-0.05, 0) is 141 Å². The Labute approximate surface area is 495 Å². The van der Waals surface area contributed by atoms with E-state index >= 15 is 0 Å². The molecule has 12 aromatic rings. The van der Waals surface area contributed by atoms with E-state index in [2.05, 4.69) is 279 Å². The van der Waals surface area contributed by atoms with Crippen LogP contribution in [0, 0.1) is 42.5 Å². The summed E-state index contributed by atoms with van der Waals surface area (Å²) in [5.74, 6) is 4.90. The quantitative estimate of drug-likeness (QED) is 0.107. The van der Waals surface area contributed by atoms with E-state index in [1.807, 2.05) is 0 Å². The number of pyridine rings is 1. The van der Waals surface area contributed by atoms with E-state index in [4.69, 9.17) is 9.72 Å². The van der Waals surface area contributed by atoms with Gasteiger partial charge in [0.2, 0.25) is 0 Å². The van der Waals surface area contributed by atoms with Crippen molar-refractivity contribution in [3.8, 4) is 39.6 Å². The number of hydrogen-bond donors (Lipinski definition) is 0. The molecule has 10 aromatic carbocycles. The Balaban J connectivity index is 0.00000576. The van der Waals surface area contributed by atoms with Crippen molar-refractivity contribution in [2.75, 3.05) is 9.80 Å².